The maximum absolute atomic E-state index is 12.3. The van der Waals surface area contributed by atoms with Crippen molar-refractivity contribution in [1.82, 2.24) is 0 Å². The van der Waals surface area contributed by atoms with Gasteiger partial charge in [-0.25, -0.2) is 5.84 Å². The van der Waals surface area contributed by atoms with E-state index in [2.05, 4.69) is 0 Å². The van der Waals surface area contributed by atoms with Crippen molar-refractivity contribution in [1.29, 1.82) is 0 Å². The van der Waals surface area contributed by atoms with E-state index in [1.807, 2.05) is 0 Å². The standard InChI is InChI=1S/C12H11N3O4S/c13-14(11-8-4-5-9-12(11)15(16)17)20(18,19)10-6-2-1-3-7-10/h1-9H,13H2. The summed E-state index contributed by atoms with van der Waals surface area (Å²) in [5, 5.41) is 10.9. The van der Waals surface area contributed by atoms with Crippen LogP contribution in [0.1, 0.15) is 0 Å². The molecule has 0 radical (unpaired) electrons. The van der Waals surface area contributed by atoms with Gasteiger partial charge >= 0.3 is 0 Å². The average molecular weight is 293 g/mol. The normalized spacial score (nSPS) is 11.1. The Morgan fingerprint density at radius 2 is 1.55 bits per heavy atom. The zero-order chi connectivity index (χ0) is 14.8. The number of nitro benzene ring substituents is 1. The smallest absolute Gasteiger partial charge is 0.258 e. The van der Waals surface area contributed by atoms with Crippen molar-refractivity contribution in [3.05, 3.63) is 64.7 Å². The highest BCUT2D eigenvalue weighted by molar-refractivity contribution is 7.92. The third kappa shape index (κ3) is 2.46. The Labute approximate surface area is 115 Å². The summed E-state index contributed by atoms with van der Waals surface area (Å²) in [6, 6.07) is 12.8. The van der Waals surface area contributed by atoms with Crippen molar-refractivity contribution in [3.8, 4) is 0 Å². The van der Waals surface area contributed by atoms with Crippen LogP contribution in [0.4, 0.5) is 11.4 Å². The summed E-state index contributed by atoms with van der Waals surface area (Å²) in [4.78, 5) is 10.2. The minimum absolute atomic E-state index is 0.0411. The van der Waals surface area contributed by atoms with Gasteiger partial charge in [-0.3, -0.25) is 10.1 Å². The first kappa shape index (κ1) is 14.0. The molecule has 2 aromatic carbocycles. The molecular weight excluding hydrogens is 282 g/mol. The Balaban J connectivity index is 2.52. The zero-order valence-corrected chi connectivity index (χ0v) is 11.0. The number of nitrogens with zero attached hydrogens (tertiary/aromatic N) is 2. The molecule has 8 heteroatoms. The van der Waals surface area contributed by atoms with Crippen LogP contribution in [-0.4, -0.2) is 13.3 Å². The van der Waals surface area contributed by atoms with Gasteiger partial charge in [-0.05, 0) is 18.2 Å². The number of nitro groups is 1. The minimum Gasteiger partial charge on any atom is -0.258 e. The highest BCUT2D eigenvalue weighted by atomic mass is 32.2. The summed E-state index contributed by atoms with van der Waals surface area (Å²) in [5.74, 6) is 5.58. The highest BCUT2D eigenvalue weighted by Crippen LogP contribution is 2.29. The lowest BCUT2D eigenvalue weighted by atomic mass is 10.3. The summed E-state index contributed by atoms with van der Waals surface area (Å²) in [7, 11) is -4.04. The number of hydrogen-bond donors (Lipinski definition) is 1. The number of nitrogens with two attached hydrogens (primary N) is 1. The van der Waals surface area contributed by atoms with Crippen LogP contribution in [0, 0.1) is 10.1 Å². The summed E-state index contributed by atoms with van der Waals surface area (Å²) in [6.07, 6.45) is 0. The molecule has 7 nitrogen and oxygen atoms in total. The maximum atomic E-state index is 12.3. The molecule has 0 saturated heterocycles. The number of sulfonamides is 1. The molecule has 0 unspecified atom stereocenters. The quantitative estimate of drug-likeness (QED) is 0.524. The molecular formula is C12H11N3O4S. The number of rotatable bonds is 4. The van der Waals surface area contributed by atoms with Gasteiger partial charge in [-0.1, -0.05) is 30.3 Å². The van der Waals surface area contributed by atoms with E-state index in [0.717, 1.165) is 0 Å². The van der Waals surface area contributed by atoms with E-state index in [1.165, 1.54) is 36.4 Å². The molecule has 0 fully saturated rings. The van der Waals surface area contributed by atoms with Gasteiger partial charge in [0.1, 0.15) is 5.69 Å². The highest BCUT2D eigenvalue weighted by Gasteiger charge is 2.27. The average Bonchev–Trinajstić information content (AvgIpc) is 2.47. The molecule has 0 atom stereocenters. The predicted octanol–water partition coefficient (Wildman–Crippen LogP) is 1.66. The van der Waals surface area contributed by atoms with Gasteiger partial charge in [0.15, 0.2) is 0 Å². The lowest BCUT2D eigenvalue weighted by molar-refractivity contribution is -0.384. The molecule has 104 valence electrons. The zero-order valence-electron chi connectivity index (χ0n) is 10.2. The van der Waals surface area contributed by atoms with Crippen LogP contribution in [0.2, 0.25) is 0 Å². The first-order valence-corrected chi connectivity index (χ1v) is 6.97. The lowest BCUT2D eigenvalue weighted by Crippen LogP contribution is -2.37. The largest absolute Gasteiger partial charge is 0.295 e. The molecule has 0 aliphatic carbocycles. The fourth-order valence-electron chi connectivity index (χ4n) is 1.64. The van der Waals surface area contributed by atoms with Gasteiger partial charge < -0.3 is 0 Å². The van der Waals surface area contributed by atoms with Gasteiger partial charge in [-0.15, -0.1) is 0 Å². The number of anilines is 1. The Hall–Kier alpha value is -2.45. The Kier molecular flexibility index (Phi) is 3.68. The van der Waals surface area contributed by atoms with E-state index in [0.29, 0.717) is 4.41 Å². The fourth-order valence-corrected chi connectivity index (χ4v) is 2.78. The van der Waals surface area contributed by atoms with E-state index >= 15 is 0 Å². The van der Waals surface area contributed by atoms with Crippen molar-refractivity contribution in [2.45, 2.75) is 4.90 Å². The minimum atomic E-state index is -4.04. The van der Waals surface area contributed by atoms with Crippen molar-refractivity contribution in [2.75, 3.05) is 4.41 Å². The molecule has 0 spiro atoms. The maximum Gasteiger partial charge on any atom is 0.295 e. The van der Waals surface area contributed by atoms with Crippen LogP contribution in [0.5, 0.6) is 0 Å². The van der Waals surface area contributed by atoms with Gasteiger partial charge in [0, 0.05) is 6.07 Å². The van der Waals surface area contributed by atoms with E-state index < -0.39 is 14.9 Å². The number of hydrogen-bond acceptors (Lipinski definition) is 5. The van der Waals surface area contributed by atoms with Crippen LogP contribution in [0.3, 0.4) is 0 Å². The molecule has 0 heterocycles. The molecule has 2 rings (SSSR count). The molecule has 0 saturated carbocycles. The van der Waals surface area contributed by atoms with Crippen LogP contribution in [-0.2, 0) is 10.0 Å². The second-order valence-electron chi connectivity index (χ2n) is 3.86. The fraction of sp³-hybridized carbons (Fsp3) is 0. The van der Waals surface area contributed by atoms with E-state index in [1.54, 1.807) is 18.2 Å². The topological polar surface area (TPSA) is 107 Å². The molecule has 0 aliphatic heterocycles. The first-order chi connectivity index (χ1) is 9.44. The molecule has 0 aliphatic rings. The summed E-state index contributed by atoms with van der Waals surface area (Å²) in [6.45, 7) is 0. The van der Waals surface area contributed by atoms with Crippen LogP contribution in [0.15, 0.2) is 59.5 Å². The number of hydrazine groups is 1. The Morgan fingerprint density at radius 3 is 2.15 bits per heavy atom. The van der Waals surface area contributed by atoms with Gasteiger partial charge in [0.05, 0.1) is 9.82 Å². The van der Waals surface area contributed by atoms with Gasteiger partial charge in [-0.2, -0.15) is 12.8 Å². The molecule has 2 aromatic rings. The van der Waals surface area contributed by atoms with Crippen LogP contribution in [0.25, 0.3) is 0 Å². The second kappa shape index (κ2) is 5.27. The third-order valence-corrected chi connectivity index (χ3v) is 4.20. The van der Waals surface area contributed by atoms with E-state index in [-0.39, 0.29) is 16.3 Å². The number of para-hydroxylation sites is 2. The van der Waals surface area contributed by atoms with E-state index in [9.17, 15) is 18.5 Å². The van der Waals surface area contributed by atoms with Crippen LogP contribution >= 0.6 is 0 Å². The third-order valence-electron chi connectivity index (χ3n) is 2.62. The summed E-state index contributed by atoms with van der Waals surface area (Å²) in [5.41, 5.74) is -0.573. The summed E-state index contributed by atoms with van der Waals surface area (Å²) < 4.78 is 25.0. The summed E-state index contributed by atoms with van der Waals surface area (Å²) >= 11 is 0. The van der Waals surface area contributed by atoms with Crippen molar-refractivity contribution < 1.29 is 13.3 Å². The molecule has 2 N–H and O–H groups in total. The number of benzene rings is 2. The van der Waals surface area contributed by atoms with Gasteiger partial charge in [0.2, 0.25) is 0 Å². The Bertz CT molecular complexity index is 731. The lowest BCUT2D eigenvalue weighted by Gasteiger charge is -2.18. The second-order valence-corrected chi connectivity index (χ2v) is 5.67. The SMILES string of the molecule is NN(c1ccccc1[N+](=O)[O-])S(=O)(=O)c1ccccc1. The molecule has 20 heavy (non-hydrogen) atoms. The van der Waals surface area contributed by atoms with Crippen molar-refractivity contribution in [2.24, 2.45) is 5.84 Å². The first-order valence-electron chi connectivity index (χ1n) is 5.53. The van der Waals surface area contributed by atoms with Crippen molar-refractivity contribution in [3.63, 3.8) is 0 Å². The Morgan fingerprint density at radius 1 is 1.00 bits per heavy atom. The predicted molar refractivity (Wildman–Crippen MR) is 73.4 cm³/mol. The monoisotopic (exact) mass is 293 g/mol. The van der Waals surface area contributed by atoms with Gasteiger partial charge in [0.25, 0.3) is 15.7 Å². The van der Waals surface area contributed by atoms with Crippen molar-refractivity contribution >= 4 is 21.4 Å². The van der Waals surface area contributed by atoms with E-state index in [4.69, 9.17) is 5.84 Å². The molecule has 0 aromatic heterocycles. The molecule has 0 amide bonds. The van der Waals surface area contributed by atoms with Crippen LogP contribution < -0.4 is 10.3 Å². The molecule has 0 bridgehead atoms.